The smallest absolute Gasteiger partial charge is 0.303 e. The zero-order valence-electron chi connectivity index (χ0n) is 9.20. The second kappa shape index (κ2) is 6.40. The highest BCUT2D eigenvalue weighted by Gasteiger charge is 2.23. The highest BCUT2D eigenvalue weighted by Crippen LogP contribution is 2.12. The van der Waals surface area contributed by atoms with Crippen LogP contribution in [0.15, 0.2) is 0 Å². The zero-order valence-corrected chi connectivity index (χ0v) is 9.20. The second-order valence-corrected chi connectivity index (χ2v) is 3.11. The predicted octanol–water partition coefficient (Wildman–Crippen LogP) is 1.67. The summed E-state index contributed by atoms with van der Waals surface area (Å²) in [5.41, 5.74) is 0. The largest absolute Gasteiger partial charge is 0.459 e. The first kappa shape index (κ1) is 12.9. The maximum absolute atomic E-state index is 10.8. The van der Waals surface area contributed by atoms with Crippen molar-refractivity contribution < 1.29 is 19.1 Å². The van der Waals surface area contributed by atoms with Gasteiger partial charge >= 0.3 is 11.9 Å². The average molecular weight is 202 g/mol. The van der Waals surface area contributed by atoms with Crippen molar-refractivity contribution in [1.29, 1.82) is 0 Å². The lowest BCUT2D eigenvalue weighted by molar-refractivity contribution is -0.165. The normalized spacial score (nSPS) is 14.3. The van der Waals surface area contributed by atoms with Gasteiger partial charge in [0.05, 0.1) is 0 Å². The van der Waals surface area contributed by atoms with Gasteiger partial charge in [0.1, 0.15) is 12.2 Å². The maximum atomic E-state index is 10.8. The van der Waals surface area contributed by atoms with Crippen LogP contribution in [0.2, 0.25) is 0 Å². The van der Waals surface area contributed by atoms with E-state index in [2.05, 4.69) is 0 Å². The van der Waals surface area contributed by atoms with Gasteiger partial charge in [-0.25, -0.2) is 0 Å². The summed E-state index contributed by atoms with van der Waals surface area (Å²) in [4.78, 5) is 21.5. The van der Waals surface area contributed by atoms with E-state index in [1.807, 2.05) is 13.8 Å². The van der Waals surface area contributed by atoms with Gasteiger partial charge in [-0.3, -0.25) is 9.59 Å². The molecular formula is C10H18O4. The van der Waals surface area contributed by atoms with Crippen LogP contribution in [0.25, 0.3) is 0 Å². The van der Waals surface area contributed by atoms with Crippen LogP contribution < -0.4 is 0 Å². The summed E-state index contributed by atoms with van der Waals surface area (Å²) in [5.74, 6) is -0.690. The third kappa shape index (κ3) is 4.84. The third-order valence-corrected chi connectivity index (χ3v) is 1.85. The Morgan fingerprint density at radius 2 is 1.21 bits per heavy atom. The third-order valence-electron chi connectivity index (χ3n) is 1.85. The molecule has 0 aliphatic carbocycles. The molecule has 0 saturated carbocycles. The van der Waals surface area contributed by atoms with Crippen LogP contribution in [0, 0.1) is 0 Å². The number of hydrogen-bond donors (Lipinski definition) is 0. The molecule has 0 radical (unpaired) electrons. The fourth-order valence-electron chi connectivity index (χ4n) is 1.27. The first-order valence-corrected chi connectivity index (χ1v) is 4.85. The molecule has 0 N–H and O–H groups in total. The molecule has 2 atom stereocenters. The molecule has 0 aromatic heterocycles. The minimum absolute atomic E-state index is 0.332. The summed E-state index contributed by atoms with van der Waals surface area (Å²) in [7, 11) is 0. The van der Waals surface area contributed by atoms with Crippen molar-refractivity contribution in [3.05, 3.63) is 0 Å². The van der Waals surface area contributed by atoms with Crippen LogP contribution in [-0.2, 0) is 19.1 Å². The van der Waals surface area contributed by atoms with Gasteiger partial charge in [0, 0.05) is 13.8 Å². The van der Waals surface area contributed by atoms with Crippen LogP contribution >= 0.6 is 0 Å². The van der Waals surface area contributed by atoms with Crippen molar-refractivity contribution in [3.63, 3.8) is 0 Å². The van der Waals surface area contributed by atoms with Crippen molar-refractivity contribution in [1.82, 2.24) is 0 Å². The summed E-state index contributed by atoms with van der Waals surface area (Å²) in [6.45, 7) is 6.48. The molecule has 0 heterocycles. The van der Waals surface area contributed by atoms with E-state index in [9.17, 15) is 9.59 Å². The average Bonchev–Trinajstić information content (AvgIpc) is 2.10. The molecule has 0 aliphatic heterocycles. The highest BCUT2D eigenvalue weighted by molar-refractivity contribution is 5.67. The first-order chi connectivity index (χ1) is 6.51. The van der Waals surface area contributed by atoms with Crippen molar-refractivity contribution in [2.75, 3.05) is 0 Å². The van der Waals surface area contributed by atoms with Crippen LogP contribution in [0.5, 0.6) is 0 Å². The van der Waals surface area contributed by atoms with Gasteiger partial charge in [0.25, 0.3) is 0 Å². The lowest BCUT2D eigenvalue weighted by Crippen LogP contribution is -2.33. The number of ether oxygens (including phenoxy) is 2. The van der Waals surface area contributed by atoms with E-state index in [0.717, 1.165) is 0 Å². The van der Waals surface area contributed by atoms with Crippen molar-refractivity contribution in [3.8, 4) is 0 Å². The fraction of sp³-hybridized carbons (Fsp3) is 0.800. The molecule has 0 rings (SSSR count). The minimum Gasteiger partial charge on any atom is -0.459 e. The summed E-state index contributed by atoms with van der Waals surface area (Å²) >= 11 is 0. The number of esters is 2. The molecule has 0 saturated heterocycles. The zero-order chi connectivity index (χ0) is 11.1. The standard InChI is InChI=1S/C10H18O4/c1-5-9(13-7(3)11)10(6-2)14-8(4)12/h9-10H,5-6H2,1-4H3. The van der Waals surface area contributed by atoms with Gasteiger partial charge < -0.3 is 9.47 Å². The lowest BCUT2D eigenvalue weighted by Gasteiger charge is -2.24. The van der Waals surface area contributed by atoms with E-state index in [4.69, 9.17) is 9.47 Å². The molecule has 0 bridgehead atoms. The fourth-order valence-corrected chi connectivity index (χ4v) is 1.27. The molecule has 0 spiro atoms. The quantitative estimate of drug-likeness (QED) is 0.636. The minimum atomic E-state index is -0.345. The van der Waals surface area contributed by atoms with E-state index in [1.165, 1.54) is 13.8 Å². The van der Waals surface area contributed by atoms with Crippen molar-refractivity contribution in [2.45, 2.75) is 52.7 Å². The Labute approximate surface area is 84.6 Å². The molecule has 82 valence electrons. The van der Waals surface area contributed by atoms with E-state index < -0.39 is 0 Å². The number of carbonyl (C=O) groups excluding carboxylic acids is 2. The molecule has 0 amide bonds. The van der Waals surface area contributed by atoms with Crippen molar-refractivity contribution in [2.24, 2.45) is 0 Å². The molecule has 0 aromatic rings. The Kier molecular flexibility index (Phi) is 5.92. The molecule has 0 aromatic carbocycles. The van der Waals surface area contributed by atoms with Gasteiger partial charge in [0.2, 0.25) is 0 Å². The van der Waals surface area contributed by atoms with Crippen molar-refractivity contribution >= 4 is 11.9 Å². The summed E-state index contributed by atoms with van der Waals surface area (Å²) in [6.07, 6.45) is 0.624. The molecule has 14 heavy (non-hydrogen) atoms. The Morgan fingerprint density at radius 3 is 1.36 bits per heavy atom. The van der Waals surface area contributed by atoms with Crippen LogP contribution in [-0.4, -0.2) is 24.1 Å². The van der Waals surface area contributed by atoms with Gasteiger partial charge in [-0.1, -0.05) is 13.8 Å². The Hall–Kier alpha value is -1.06. The first-order valence-electron chi connectivity index (χ1n) is 4.85. The predicted molar refractivity (Wildman–Crippen MR) is 51.7 cm³/mol. The summed E-state index contributed by atoms with van der Waals surface area (Å²) < 4.78 is 10.1. The maximum Gasteiger partial charge on any atom is 0.303 e. The molecular weight excluding hydrogens is 184 g/mol. The van der Waals surface area contributed by atoms with Crippen LogP contribution in [0.3, 0.4) is 0 Å². The highest BCUT2D eigenvalue weighted by atomic mass is 16.6. The summed E-state index contributed by atoms with van der Waals surface area (Å²) in [6, 6.07) is 0. The summed E-state index contributed by atoms with van der Waals surface area (Å²) in [5, 5.41) is 0. The Balaban J connectivity index is 4.28. The second-order valence-electron chi connectivity index (χ2n) is 3.11. The number of hydrogen-bond acceptors (Lipinski definition) is 4. The number of carbonyl (C=O) groups is 2. The Morgan fingerprint density at radius 1 is 0.929 bits per heavy atom. The van der Waals surface area contributed by atoms with Gasteiger partial charge in [-0.15, -0.1) is 0 Å². The SMILES string of the molecule is CCC(OC(C)=O)C(CC)OC(C)=O. The molecule has 4 nitrogen and oxygen atoms in total. The molecule has 2 unspecified atom stereocenters. The van der Waals surface area contributed by atoms with E-state index in [-0.39, 0.29) is 24.1 Å². The van der Waals surface area contributed by atoms with Gasteiger partial charge in [-0.2, -0.15) is 0 Å². The lowest BCUT2D eigenvalue weighted by atomic mass is 10.1. The number of rotatable bonds is 5. The molecule has 0 fully saturated rings. The monoisotopic (exact) mass is 202 g/mol. The molecule has 4 heteroatoms. The van der Waals surface area contributed by atoms with Crippen LogP contribution in [0.1, 0.15) is 40.5 Å². The van der Waals surface area contributed by atoms with E-state index in [1.54, 1.807) is 0 Å². The van der Waals surface area contributed by atoms with E-state index in [0.29, 0.717) is 12.8 Å². The Bertz CT molecular complexity index is 178. The van der Waals surface area contributed by atoms with Crippen LogP contribution in [0.4, 0.5) is 0 Å². The van der Waals surface area contributed by atoms with Gasteiger partial charge in [-0.05, 0) is 12.8 Å². The molecule has 0 aliphatic rings. The topological polar surface area (TPSA) is 52.6 Å². The van der Waals surface area contributed by atoms with Gasteiger partial charge in [0.15, 0.2) is 0 Å². The van der Waals surface area contributed by atoms with E-state index >= 15 is 0 Å².